The Labute approximate surface area is 155 Å². The van der Waals surface area contributed by atoms with Crippen molar-refractivity contribution in [2.24, 2.45) is 0 Å². The first-order valence-corrected chi connectivity index (χ1v) is 7.96. The van der Waals surface area contributed by atoms with Crippen LogP contribution in [0.2, 0.25) is 0 Å². The van der Waals surface area contributed by atoms with E-state index in [9.17, 15) is 33.2 Å². The van der Waals surface area contributed by atoms with Gasteiger partial charge in [0, 0.05) is 36.7 Å². The number of hydrogen-bond acceptors (Lipinski definition) is 7. The summed E-state index contributed by atoms with van der Waals surface area (Å²) in [5.74, 6) is -1.53. The second-order valence-electron chi connectivity index (χ2n) is 6.18. The summed E-state index contributed by atoms with van der Waals surface area (Å²) in [7, 11) is 0. The molecule has 0 radical (unpaired) electrons. The number of benzene rings is 1. The largest absolute Gasteiger partial charge is 0.574 e. The first kappa shape index (κ1) is 19.5. The average Bonchev–Trinajstić information content (AvgIpc) is 2.59. The summed E-state index contributed by atoms with van der Waals surface area (Å²) in [6.45, 7) is 0. The zero-order chi connectivity index (χ0) is 20.5. The van der Waals surface area contributed by atoms with Gasteiger partial charge < -0.3 is 14.6 Å². The second-order valence-corrected chi connectivity index (χ2v) is 6.18. The maximum absolute atomic E-state index is 12.5. The molecule has 3 rings (SSSR count). The monoisotopic (exact) mass is 398 g/mol. The number of pyridine rings is 1. The van der Waals surface area contributed by atoms with Gasteiger partial charge in [-0.3, -0.25) is 10.1 Å². The minimum atomic E-state index is -4.97. The third-order valence-electron chi connectivity index (χ3n) is 4.20. The third-order valence-corrected chi connectivity index (χ3v) is 4.20. The molecule has 8 nitrogen and oxygen atoms in total. The van der Waals surface area contributed by atoms with E-state index in [1.807, 2.05) is 0 Å². The van der Waals surface area contributed by atoms with E-state index in [1.54, 1.807) is 0 Å². The molecule has 1 aliphatic carbocycles. The molecular formula is C17H13F3N2O6. The van der Waals surface area contributed by atoms with Gasteiger partial charge in [0.1, 0.15) is 11.7 Å². The summed E-state index contributed by atoms with van der Waals surface area (Å²) >= 11 is 0. The lowest BCUT2D eigenvalue weighted by Crippen LogP contribution is -2.47. The fraction of sp³-hybridized carbons (Fsp3) is 0.294. The number of ether oxygens (including phenoxy) is 2. The van der Waals surface area contributed by atoms with Gasteiger partial charge in [0.25, 0.3) is 5.69 Å². The summed E-state index contributed by atoms with van der Waals surface area (Å²) in [5.41, 5.74) is -1.96. The number of hydrogen-bond donors (Lipinski definition) is 1. The van der Waals surface area contributed by atoms with Gasteiger partial charge in [-0.25, -0.2) is 9.78 Å². The van der Waals surface area contributed by atoms with Gasteiger partial charge in [0.15, 0.2) is 0 Å². The highest BCUT2D eigenvalue weighted by Gasteiger charge is 2.49. The van der Waals surface area contributed by atoms with Crippen molar-refractivity contribution in [1.82, 2.24) is 4.98 Å². The Morgan fingerprint density at radius 2 is 1.89 bits per heavy atom. The second kappa shape index (κ2) is 7.08. The molecule has 148 valence electrons. The topological polar surface area (TPSA) is 112 Å². The Balaban J connectivity index is 1.65. The zero-order valence-corrected chi connectivity index (χ0v) is 14.0. The van der Waals surface area contributed by atoms with Crippen LogP contribution >= 0.6 is 0 Å². The Hall–Kier alpha value is -3.21. The molecule has 0 saturated heterocycles. The highest BCUT2D eigenvalue weighted by atomic mass is 19.4. The van der Waals surface area contributed by atoms with Gasteiger partial charge in [-0.15, -0.1) is 13.2 Å². The van der Waals surface area contributed by atoms with Crippen molar-refractivity contribution in [1.29, 1.82) is 0 Å². The van der Waals surface area contributed by atoms with Crippen LogP contribution < -0.4 is 4.74 Å². The van der Waals surface area contributed by atoms with E-state index < -0.39 is 34.8 Å². The van der Waals surface area contributed by atoms with E-state index in [1.165, 1.54) is 24.3 Å². The fourth-order valence-corrected chi connectivity index (χ4v) is 2.87. The van der Waals surface area contributed by atoms with Crippen molar-refractivity contribution < 1.29 is 37.5 Å². The lowest BCUT2D eigenvalue weighted by atomic mass is 9.73. The van der Waals surface area contributed by atoms with E-state index in [4.69, 9.17) is 4.74 Å². The number of carbonyl (C=O) groups is 1. The number of aromatic nitrogens is 1. The van der Waals surface area contributed by atoms with E-state index in [0.717, 1.165) is 18.3 Å². The highest BCUT2D eigenvalue weighted by molar-refractivity contribution is 5.89. The Kier molecular flexibility index (Phi) is 4.94. The SMILES string of the molecule is O=C(OC1CC(O)(c2cccnc2OC(F)(F)F)C1)c1ccc([N+](=O)[O-])cc1. The quantitative estimate of drug-likeness (QED) is 0.468. The van der Waals surface area contributed by atoms with Crippen LogP contribution in [0.3, 0.4) is 0 Å². The summed E-state index contributed by atoms with van der Waals surface area (Å²) in [5, 5.41) is 21.2. The lowest BCUT2D eigenvalue weighted by Gasteiger charge is -2.43. The number of rotatable bonds is 5. The number of halogens is 3. The maximum Gasteiger partial charge on any atom is 0.574 e. The lowest BCUT2D eigenvalue weighted by molar-refractivity contribution is -0.384. The Morgan fingerprint density at radius 3 is 2.46 bits per heavy atom. The predicted octanol–water partition coefficient (Wildman–Crippen LogP) is 3.10. The molecule has 1 fully saturated rings. The Morgan fingerprint density at radius 1 is 1.25 bits per heavy atom. The molecule has 11 heteroatoms. The number of aliphatic hydroxyl groups is 1. The fourth-order valence-electron chi connectivity index (χ4n) is 2.87. The van der Waals surface area contributed by atoms with Crippen LogP contribution in [-0.4, -0.2) is 33.4 Å². The van der Waals surface area contributed by atoms with Gasteiger partial charge in [-0.2, -0.15) is 0 Å². The number of non-ortho nitro benzene ring substituents is 1. The van der Waals surface area contributed by atoms with E-state index in [2.05, 4.69) is 9.72 Å². The van der Waals surface area contributed by atoms with Crippen molar-refractivity contribution in [3.63, 3.8) is 0 Å². The normalized spacial score (nSPS) is 21.5. The third kappa shape index (κ3) is 4.19. The van der Waals surface area contributed by atoms with Crippen LogP contribution in [0.1, 0.15) is 28.8 Å². The number of nitro benzene ring substituents is 1. The van der Waals surface area contributed by atoms with Crippen LogP contribution in [0.5, 0.6) is 5.88 Å². The molecule has 0 atom stereocenters. The van der Waals surface area contributed by atoms with Crippen molar-refractivity contribution in [3.05, 3.63) is 63.8 Å². The first-order valence-electron chi connectivity index (χ1n) is 7.96. The molecule has 1 aromatic carbocycles. The summed E-state index contributed by atoms with van der Waals surface area (Å²) < 4.78 is 46.5. The highest BCUT2D eigenvalue weighted by Crippen LogP contribution is 2.46. The average molecular weight is 398 g/mol. The molecule has 0 bridgehead atoms. The molecule has 0 unspecified atom stereocenters. The van der Waals surface area contributed by atoms with Gasteiger partial charge in [-0.05, 0) is 24.3 Å². The standard InChI is InChI=1S/C17H13F3N2O6/c18-17(19,20)28-14-13(2-1-7-21-14)16(24)8-12(9-16)27-15(23)10-3-5-11(6-4-10)22(25)26/h1-7,12,24H,8-9H2. The molecule has 0 amide bonds. The summed E-state index contributed by atoms with van der Waals surface area (Å²) in [6.07, 6.45) is -4.91. The van der Waals surface area contributed by atoms with Gasteiger partial charge in [0.05, 0.1) is 10.5 Å². The van der Waals surface area contributed by atoms with Crippen molar-refractivity contribution >= 4 is 11.7 Å². The van der Waals surface area contributed by atoms with Gasteiger partial charge in [-0.1, -0.05) is 0 Å². The van der Waals surface area contributed by atoms with Crippen molar-refractivity contribution in [2.45, 2.75) is 30.9 Å². The number of alkyl halides is 3. The van der Waals surface area contributed by atoms with Crippen LogP contribution in [-0.2, 0) is 10.3 Å². The molecule has 1 heterocycles. The smallest absolute Gasteiger partial charge is 0.459 e. The van der Waals surface area contributed by atoms with E-state index in [0.29, 0.717) is 0 Å². The molecule has 1 aromatic heterocycles. The molecule has 0 spiro atoms. The van der Waals surface area contributed by atoms with Crippen molar-refractivity contribution in [2.75, 3.05) is 0 Å². The first-order chi connectivity index (χ1) is 13.1. The zero-order valence-electron chi connectivity index (χ0n) is 14.0. The molecule has 2 aromatic rings. The van der Waals surface area contributed by atoms with Gasteiger partial charge >= 0.3 is 12.3 Å². The van der Waals surface area contributed by atoms with E-state index >= 15 is 0 Å². The number of carbonyl (C=O) groups excluding carboxylic acids is 1. The molecule has 28 heavy (non-hydrogen) atoms. The minimum Gasteiger partial charge on any atom is -0.459 e. The summed E-state index contributed by atoms with van der Waals surface area (Å²) in [4.78, 5) is 25.6. The van der Waals surface area contributed by atoms with Crippen LogP contribution in [0.15, 0.2) is 42.6 Å². The molecular weight excluding hydrogens is 385 g/mol. The summed E-state index contributed by atoms with van der Waals surface area (Å²) in [6, 6.07) is 7.34. The van der Waals surface area contributed by atoms with Gasteiger partial charge in [0.2, 0.25) is 5.88 Å². The molecule has 1 aliphatic rings. The predicted molar refractivity (Wildman–Crippen MR) is 86.4 cm³/mol. The number of nitro groups is 1. The molecule has 1 N–H and O–H groups in total. The maximum atomic E-state index is 12.5. The Bertz CT molecular complexity index is 895. The molecule has 1 saturated carbocycles. The van der Waals surface area contributed by atoms with Crippen molar-refractivity contribution in [3.8, 4) is 5.88 Å². The molecule has 0 aliphatic heterocycles. The minimum absolute atomic E-state index is 0.0727. The number of nitrogens with zero attached hydrogens (tertiary/aromatic N) is 2. The van der Waals surface area contributed by atoms with Crippen LogP contribution in [0, 0.1) is 10.1 Å². The number of esters is 1. The van der Waals surface area contributed by atoms with Crippen LogP contribution in [0.4, 0.5) is 18.9 Å². The van der Waals surface area contributed by atoms with Crippen LogP contribution in [0.25, 0.3) is 0 Å². The van der Waals surface area contributed by atoms with E-state index in [-0.39, 0.29) is 29.7 Å².